The van der Waals surface area contributed by atoms with Crippen LogP contribution in [0.3, 0.4) is 0 Å². The van der Waals surface area contributed by atoms with Crippen LogP contribution in [-0.2, 0) is 22.9 Å². The Labute approximate surface area is 125 Å². The van der Waals surface area contributed by atoms with Gasteiger partial charge in [0.2, 0.25) is 10.0 Å². The quantitative estimate of drug-likeness (QED) is 0.715. The SMILES string of the molecule is O=S(=O)(NCCSCCCO)c1ccc2c(c1)CCC2. The number of sulfonamides is 1. The number of aliphatic hydroxyl groups excluding tert-OH is 1. The van der Waals surface area contributed by atoms with Gasteiger partial charge < -0.3 is 5.11 Å². The Morgan fingerprint density at radius 1 is 1.20 bits per heavy atom. The molecule has 2 N–H and O–H groups in total. The first-order chi connectivity index (χ1) is 9.63. The Hall–Kier alpha value is -0.560. The lowest BCUT2D eigenvalue weighted by Crippen LogP contribution is -2.26. The summed E-state index contributed by atoms with van der Waals surface area (Å²) >= 11 is 1.65. The van der Waals surface area contributed by atoms with E-state index in [1.807, 2.05) is 12.1 Å². The van der Waals surface area contributed by atoms with Gasteiger partial charge in [0, 0.05) is 18.9 Å². The highest BCUT2D eigenvalue weighted by atomic mass is 32.2. The first-order valence-electron chi connectivity index (χ1n) is 6.93. The maximum atomic E-state index is 12.2. The Morgan fingerprint density at radius 3 is 2.80 bits per heavy atom. The molecule has 0 amide bonds. The monoisotopic (exact) mass is 315 g/mol. The molecular formula is C14H21NO3S2. The standard InChI is InChI=1S/C14H21NO3S2/c16-8-2-9-19-10-7-15-20(17,18)14-6-5-12-3-1-4-13(12)11-14/h5-6,11,15-16H,1-4,7-10H2. The molecule has 0 aromatic heterocycles. The molecule has 6 heteroatoms. The number of aryl methyl sites for hydroxylation is 2. The molecule has 0 bridgehead atoms. The molecule has 0 radical (unpaired) electrons. The minimum absolute atomic E-state index is 0.188. The number of aliphatic hydroxyl groups is 1. The fourth-order valence-electron chi connectivity index (χ4n) is 2.32. The van der Waals surface area contributed by atoms with E-state index in [1.54, 1.807) is 17.8 Å². The van der Waals surface area contributed by atoms with Crippen molar-refractivity contribution < 1.29 is 13.5 Å². The lowest BCUT2D eigenvalue weighted by molar-refractivity contribution is 0.296. The summed E-state index contributed by atoms with van der Waals surface area (Å²) in [5.74, 6) is 1.58. The van der Waals surface area contributed by atoms with E-state index in [9.17, 15) is 8.42 Å². The van der Waals surface area contributed by atoms with E-state index in [-0.39, 0.29) is 6.61 Å². The fraction of sp³-hybridized carbons (Fsp3) is 0.571. The van der Waals surface area contributed by atoms with E-state index in [1.165, 1.54) is 11.1 Å². The van der Waals surface area contributed by atoms with Crippen LogP contribution in [0.5, 0.6) is 0 Å². The molecule has 1 aromatic rings. The van der Waals surface area contributed by atoms with Crippen molar-refractivity contribution in [2.45, 2.75) is 30.6 Å². The molecule has 4 nitrogen and oxygen atoms in total. The molecule has 1 aromatic carbocycles. The van der Waals surface area contributed by atoms with Crippen LogP contribution < -0.4 is 4.72 Å². The molecule has 1 aliphatic rings. The lowest BCUT2D eigenvalue weighted by Gasteiger charge is -2.08. The molecule has 112 valence electrons. The molecule has 2 rings (SSSR count). The van der Waals surface area contributed by atoms with E-state index < -0.39 is 10.0 Å². The van der Waals surface area contributed by atoms with Crippen LogP contribution in [0.25, 0.3) is 0 Å². The summed E-state index contributed by atoms with van der Waals surface area (Å²) in [5.41, 5.74) is 2.45. The highest BCUT2D eigenvalue weighted by Gasteiger charge is 2.17. The largest absolute Gasteiger partial charge is 0.396 e. The highest BCUT2D eigenvalue weighted by molar-refractivity contribution is 7.99. The minimum Gasteiger partial charge on any atom is -0.396 e. The molecule has 0 heterocycles. The lowest BCUT2D eigenvalue weighted by atomic mass is 10.1. The second-order valence-corrected chi connectivity index (χ2v) is 7.86. The van der Waals surface area contributed by atoms with Gasteiger partial charge in [-0.05, 0) is 54.7 Å². The van der Waals surface area contributed by atoms with Crippen molar-refractivity contribution in [3.05, 3.63) is 29.3 Å². The number of hydrogen-bond donors (Lipinski definition) is 2. The van der Waals surface area contributed by atoms with Gasteiger partial charge in [-0.3, -0.25) is 0 Å². The summed E-state index contributed by atoms with van der Waals surface area (Å²) in [6.45, 7) is 0.614. The number of thioether (sulfide) groups is 1. The van der Waals surface area contributed by atoms with Crippen molar-refractivity contribution in [1.82, 2.24) is 4.72 Å². The first kappa shape index (κ1) is 15.8. The molecular weight excluding hydrogens is 294 g/mol. The molecule has 20 heavy (non-hydrogen) atoms. The number of fused-ring (bicyclic) bond motifs is 1. The van der Waals surface area contributed by atoms with Crippen molar-refractivity contribution in [1.29, 1.82) is 0 Å². The van der Waals surface area contributed by atoms with Crippen LogP contribution in [-0.4, -0.2) is 38.2 Å². The van der Waals surface area contributed by atoms with Crippen molar-refractivity contribution in [3.8, 4) is 0 Å². The van der Waals surface area contributed by atoms with Gasteiger partial charge in [0.25, 0.3) is 0 Å². The van der Waals surface area contributed by atoms with Gasteiger partial charge in [0.05, 0.1) is 4.90 Å². The smallest absolute Gasteiger partial charge is 0.240 e. The summed E-state index contributed by atoms with van der Waals surface area (Å²) in [7, 11) is -3.39. The average Bonchev–Trinajstić information content (AvgIpc) is 2.90. The summed E-state index contributed by atoms with van der Waals surface area (Å²) < 4.78 is 27.0. The Balaban J connectivity index is 1.87. The predicted octanol–water partition coefficient (Wildman–Crippen LogP) is 1.57. The molecule has 0 saturated carbocycles. The Morgan fingerprint density at radius 2 is 2.00 bits per heavy atom. The normalized spacial score (nSPS) is 14.4. The number of nitrogens with one attached hydrogen (secondary N) is 1. The zero-order chi connectivity index (χ0) is 14.4. The third-order valence-electron chi connectivity index (χ3n) is 3.37. The molecule has 0 fully saturated rings. The van der Waals surface area contributed by atoms with Crippen LogP contribution >= 0.6 is 11.8 Å². The van der Waals surface area contributed by atoms with Crippen LogP contribution in [0, 0.1) is 0 Å². The van der Waals surface area contributed by atoms with Crippen molar-refractivity contribution in [2.24, 2.45) is 0 Å². The van der Waals surface area contributed by atoms with Crippen LogP contribution in [0.4, 0.5) is 0 Å². The average molecular weight is 315 g/mol. The van der Waals surface area contributed by atoms with E-state index in [4.69, 9.17) is 5.11 Å². The maximum absolute atomic E-state index is 12.2. The zero-order valence-electron chi connectivity index (χ0n) is 11.5. The van der Waals surface area contributed by atoms with Crippen molar-refractivity contribution in [2.75, 3.05) is 24.7 Å². The zero-order valence-corrected chi connectivity index (χ0v) is 13.1. The van der Waals surface area contributed by atoms with E-state index in [2.05, 4.69) is 4.72 Å². The maximum Gasteiger partial charge on any atom is 0.240 e. The van der Waals surface area contributed by atoms with E-state index in [0.29, 0.717) is 11.4 Å². The molecule has 1 aliphatic carbocycles. The molecule has 0 aliphatic heterocycles. The molecule has 0 atom stereocenters. The summed E-state index contributed by atoms with van der Waals surface area (Å²) in [5, 5.41) is 8.65. The van der Waals surface area contributed by atoms with Crippen LogP contribution in [0.15, 0.2) is 23.1 Å². The number of benzene rings is 1. The van der Waals surface area contributed by atoms with Gasteiger partial charge >= 0.3 is 0 Å². The number of rotatable bonds is 8. The Bertz CT molecular complexity index is 543. The summed E-state index contributed by atoms with van der Waals surface area (Å²) in [6.07, 6.45) is 3.91. The number of hydrogen-bond acceptors (Lipinski definition) is 4. The molecule has 0 unspecified atom stereocenters. The van der Waals surface area contributed by atoms with Crippen molar-refractivity contribution >= 4 is 21.8 Å². The topological polar surface area (TPSA) is 66.4 Å². The third-order valence-corrected chi connectivity index (χ3v) is 5.89. The fourth-order valence-corrected chi connectivity index (χ4v) is 4.31. The summed E-state index contributed by atoms with van der Waals surface area (Å²) in [6, 6.07) is 5.45. The molecule has 0 saturated heterocycles. The van der Waals surface area contributed by atoms with Crippen LogP contribution in [0.2, 0.25) is 0 Å². The first-order valence-corrected chi connectivity index (χ1v) is 9.57. The van der Waals surface area contributed by atoms with Crippen molar-refractivity contribution in [3.63, 3.8) is 0 Å². The second-order valence-electron chi connectivity index (χ2n) is 4.87. The van der Waals surface area contributed by atoms with Crippen LogP contribution in [0.1, 0.15) is 24.0 Å². The second kappa shape index (κ2) is 7.45. The third kappa shape index (κ3) is 4.22. The van der Waals surface area contributed by atoms with Gasteiger partial charge in [0.1, 0.15) is 0 Å². The van der Waals surface area contributed by atoms with E-state index in [0.717, 1.165) is 37.2 Å². The van der Waals surface area contributed by atoms with E-state index >= 15 is 0 Å². The van der Waals surface area contributed by atoms with Gasteiger partial charge in [-0.25, -0.2) is 13.1 Å². The minimum atomic E-state index is -3.39. The van der Waals surface area contributed by atoms with Gasteiger partial charge in [-0.1, -0.05) is 6.07 Å². The highest BCUT2D eigenvalue weighted by Crippen LogP contribution is 2.24. The van der Waals surface area contributed by atoms with Gasteiger partial charge in [0.15, 0.2) is 0 Å². The predicted molar refractivity (Wildman–Crippen MR) is 82.7 cm³/mol. The van der Waals surface area contributed by atoms with Gasteiger partial charge in [-0.15, -0.1) is 0 Å². The Kier molecular flexibility index (Phi) is 5.89. The van der Waals surface area contributed by atoms with Gasteiger partial charge in [-0.2, -0.15) is 11.8 Å². The molecule has 0 spiro atoms. The summed E-state index contributed by atoms with van der Waals surface area (Å²) in [4.78, 5) is 0.374.